The molecule has 0 atom stereocenters. The lowest BCUT2D eigenvalue weighted by Crippen LogP contribution is -2.07. The largest absolute Gasteiger partial charge is 0.454 e. The van der Waals surface area contributed by atoms with Gasteiger partial charge < -0.3 is 9.47 Å². The number of nitrogens with zero attached hydrogens (tertiary/aromatic N) is 2. The molecule has 0 radical (unpaired) electrons. The molecule has 0 saturated heterocycles. The molecule has 2 heterocycles. The second-order valence-corrected chi connectivity index (χ2v) is 5.35. The number of carbonyl (C=O) groups is 1. The van der Waals surface area contributed by atoms with Crippen molar-refractivity contribution in [3.8, 4) is 11.5 Å². The van der Waals surface area contributed by atoms with E-state index in [1.807, 2.05) is 25.1 Å². The van der Waals surface area contributed by atoms with Crippen LogP contribution in [0.25, 0.3) is 6.08 Å². The Morgan fingerprint density at radius 1 is 1.38 bits per heavy atom. The van der Waals surface area contributed by atoms with Crippen LogP contribution in [0.5, 0.6) is 11.5 Å². The van der Waals surface area contributed by atoms with Crippen LogP contribution in [0, 0.1) is 0 Å². The van der Waals surface area contributed by atoms with E-state index in [4.69, 9.17) is 9.47 Å². The van der Waals surface area contributed by atoms with E-state index in [2.05, 4.69) is 15.5 Å². The Morgan fingerprint density at radius 2 is 2.24 bits per heavy atom. The average molecular weight is 303 g/mol. The van der Waals surface area contributed by atoms with Gasteiger partial charge in [-0.05, 0) is 30.2 Å². The second-order valence-electron chi connectivity index (χ2n) is 4.29. The molecule has 3 rings (SSSR count). The molecule has 1 aromatic heterocycles. The quantitative estimate of drug-likeness (QED) is 0.878. The van der Waals surface area contributed by atoms with Gasteiger partial charge in [0.05, 0.1) is 0 Å². The highest BCUT2D eigenvalue weighted by molar-refractivity contribution is 7.15. The molecular weight excluding hydrogens is 290 g/mol. The molecule has 0 spiro atoms. The number of aromatic nitrogens is 2. The number of carbonyl (C=O) groups excluding carboxylic acids is 1. The number of hydrogen-bond donors (Lipinski definition) is 1. The van der Waals surface area contributed by atoms with Crippen molar-refractivity contribution in [3.63, 3.8) is 0 Å². The molecule has 0 bridgehead atoms. The maximum Gasteiger partial charge on any atom is 0.250 e. The van der Waals surface area contributed by atoms with Crippen LogP contribution in [0.2, 0.25) is 0 Å². The number of nitrogens with one attached hydrogen (secondary N) is 1. The summed E-state index contributed by atoms with van der Waals surface area (Å²) in [5, 5.41) is 11.9. The van der Waals surface area contributed by atoms with Crippen molar-refractivity contribution in [1.29, 1.82) is 0 Å². The fourth-order valence-electron chi connectivity index (χ4n) is 1.78. The van der Waals surface area contributed by atoms with Gasteiger partial charge in [0.1, 0.15) is 5.01 Å². The molecule has 1 amide bonds. The summed E-state index contributed by atoms with van der Waals surface area (Å²) in [6.45, 7) is 2.23. The maximum atomic E-state index is 11.8. The highest BCUT2D eigenvalue weighted by Gasteiger charge is 2.12. The second kappa shape index (κ2) is 5.92. The van der Waals surface area contributed by atoms with E-state index >= 15 is 0 Å². The summed E-state index contributed by atoms with van der Waals surface area (Å²) in [5.41, 5.74) is 0.862. The number of anilines is 1. The van der Waals surface area contributed by atoms with Gasteiger partial charge in [0.15, 0.2) is 11.5 Å². The highest BCUT2D eigenvalue weighted by Crippen LogP contribution is 2.32. The number of ether oxygens (including phenoxy) is 2. The van der Waals surface area contributed by atoms with E-state index in [0.29, 0.717) is 10.9 Å². The summed E-state index contributed by atoms with van der Waals surface area (Å²) in [6, 6.07) is 5.50. The Balaban J connectivity index is 1.64. The van der Waals surface area contributed by atoms with Crippen LogP contribution in [-0.4, -0.2) is 22.9 Å². The molecule has 108 valence electrons. The van der Waals surface area contributed by atoms with E-state index in [0.717, 1.165) is 22.7 Å². The lowest BCUT2D eigenvalue weighted by molar-refractivity contribution is -0.111. The van der Waals surface area contributed by atoms with Gasteiger partial charge in [0.25, 0.3) is 0 Å². The smallest absolute Gasteiger partial charge is 0.250 e. The third-order valence-corrected chi connectivity index (χ3v) is 3.81. The van der Waals surface area contributed by atoms with Crippen molar-refractivity contribution in [3.05, 3.63) is 34.8 Å². The van der Waals surface area contributed by atoms with Crippen LogP contribution in [0.15, 0.2) is 24.3 Å². The van der Waals surface area contributed by atoms with E-state index < -0.39 is 0 Å². The third-order valence-electron chi connectivity index (χ3n) is 2.82. The Hall–Kier alpha value is -2.41. The first-order valence-corrected chi connectivity index (χ1v) is 7.27. The van der Waals surface area contributed by atoms with Gasteiger partial charge in [0.2, 0.25) is 17.8 Å². The number of rotatable bonds is 4. The molecule has 7 heteroatoms. The van der Waals surface area contributed by atoms with Crippen molar-refractivity contribution in [2.45, 2.75) is 13.3 Å². The normalized spacial score (nSPS) is 12.8. The van der Waals surface area contributed by atoms with E-state index in [1.165, 1.54) is 17.4 Å². The summed E-state index contributed by atoms with van der Waals surface area (Å²) in [7, 11) is 0. The van der Waals surface area contributed by atoms with Crippen LogP contribution in [0.4, 0.5) is 5.13 Å². The monoisotopic (exact) mass is 303 g/mol. The maximum absolute atomic E-state index is 11.8. The number of benzene rings is 1. The summed E-state index contributed by atoms with van der Waals surface area (Å²) in [5.74, 6) is 1.17. The lowest BCUT2D eigenvalue weighted by atomic mass is 10.2. The summed E-state index contributed by atoms with van der Waals surface area (Å²) >= 11 is 1.37. The third kappa shape index (κ3) is 3.19. The summed E-state index contributed by atoms with van der Waals surface area (Å²) in [4.78, 5) is 11.8. The van der Waals surface area contributed by atoms with Gasteiger partial charge in [0, 0.05) is 6.08 Å². The molecule has 0 unspecified atom stereocenters. The number of hydrogen-bond acceptors (Lipinski definition) is 6. The zero-order valence-electron chi connectivity index (χ0n) is 11.3. The van der Waals surface area contributed by atoms with E-state index in [1.54, 1.807) is 6.08 Å². The molecular formula is C14H13N3O3S. The molecule has 1 N–H and O–H groups in total. The van der Waals surface area contributed by atoms with Crippen molar-refractivity contribution < 1.29 is 14.3 Å². The van der Waals surface area contributed by atoms with Crippen molar-refractivity contribution in [1.82, 2.24) is 10.2 Å². The minimum absolute atomic E-state index is 0.236. The van der Waals surface area contributed by atoms with Crippen LogP contribution < -0.4 is 14.8 Å². The van der Waals surface area contributed by atoms with E-state index in [-0.39, 0.29) is 12.7 Å². The van der Waals surface area contributed by atoms with Crippen LogP contribution in [0.1, 0.15) is 17.5 Å². The van der Waals surface area contributed by atoms with Crippen molar-refractivity contribution >= 4 is 28.5 Å². The van der Waals surface area contributed by atoms with Gasteiger partial charge in [-0.15, -0.1) is 10.2 Å². The van der Waals surface area contributed by atoms with Crippen molar-refractivity contribution in [2.24, 2.45) is 0 Å². The summed E-state index contributed by atoms with van der Waals surface area (Å²) < 4.78 is 10.5. The summed E-state index contributed by atoms with van der Waals surface area (Å²) in [6.07, 6.45) is 3.96. The SMILES string of the molecule is CCc1nnc(NC(=O)/C=C\c2ccc3c(c2)OCO3)s1. The minimum atomic E-state index is -0.244. The molecule has 0 fully saturated rings. The van der Waals surface area contributed by atoms with E-state index in [9.17, 15) is 4.79 Å². The van der Waals surface area contributed by atoms with Crippen molar-refractivity contribution in [2.75, 3.05) is 12.1 Å². The Labute approximate surface area is 125 Å². The first-order chi connectivity index (χ1) is 10.2. The molecule has 21 heavy (non-hydrogen) atoms. The van der Waals surface area contributed by atoms with Gasteiger partial charge in [-0.25, -0.2) is 0 Å². The van der Waals surface area contributed by atoms with Crippen LogP contribution >= 0.6 is 11.3 Å². The van der Waals surface area contributed by atoms with Gasteiger partial charge in [-0.3, -0.25) is 10.1 Å². The number of fused-ring (bicyclic) bond motifs is 1. The average Bonchev–Trinajstić information content (AvgIpc) is 3.13. The van der Waals surface area contributed by atoms with Gasteiger partial charge >= 0.3 is 0 Å². The van der Waals surface area contributed by atoms with Gasteiger partial charge in [-0.2, -0.15) is 0 Å². The van der Waals surface area contributed by atoms with Crippen LogP contribution in [0.3, 0.4) is 0 Å². The highest BCUT2D eigenvalue weighted by atomic mass is 32.1. The molecule has 0 saturated carbocycles. The predicted octanol–water partition coefficient (Wildman–Crippen LogP) is 2.48. The Morgan fingerprint density at radius 3 is 3.05 bits per heavy atom. The molecule has 0 aliphatic carbocycles. The minimum Gasteiger partial charge on any atom is -0.454 e. The first kappa shape index (κ1) is 13.6. The number of amides is 1. The molecule has 1 aromatic carbocycles. The zero-order valence-corrected chi connectivity index (χ0v) is 12.1. The predicted molar refractivity (Wildman–Crippen MR) is 79.5 cm³/mol. The Kier molecular flexibility index (Phi) is 3.83. The first-order valence-electron chi connectivity index (χ1n) is 6.45. The molecule has 1 aliphatic heterocycles. The molecule has 2 aromatic rings. The standard InChI is InChI=1S/C14H13N3O3S/c1-2-13-16-17-14(21-13)15-12(18)6-4-9-3-5-10-11(7-9)20-8-19-10/h3-7H,2,8H2,1H3,(H,15,17,18)/b6-4-. The Bertz CT molecular complexity index is 697. The molecule has 1 aliphatic rings. The lowest BCUT2D eigenvalue weighted by Gasteiger charge is -1.98. The van der Waals surface area contributed by atoms with Crippen LogP contribution in [-0.2, 0) is 11.2 Å². The zero-order chi connectivity index (χ0) is 14.7. The fraction of sp³-hybridized carbons (Fsp3) is 0.214. The number of aryl methyl sites for hydroxylation is 1. The van der Waals surface area contributed by atoms with Gasteiger partial charge in [-0.1, -0.05) is 24.3 Å². The molecule has 6 nitrogen and oxygen atoms in total. The fourth-order valence-corrected chi connectivity index (χ4v) is 2.47. The topological polar surface area (TPSA) is 73.3 Å².